The predicted molar refractivity (Wildman–Crippen MR) is 67.0 cm³/mol. The molecule has 3 heteroatoms. The highest BCUT2D eigenvalue weighted by Crippen LogP contribution is 2.11. The summed E-state index contributed by atoms with van der Waals surface area (Å²) in [6, 6.07) is 9.16. The molecule has 0 bridgehead atoms. The van der Waals surface area contributed by atoms with E-state index in [-0.39, 0.29) is 0 Å². The van der Waals surface area contributed by atoms with Crippen molar-refractivity contribution >= 4 is 0 Å². The summed E-state index contributed by atoms with van der Waals surface area (Å²) in [6.07, 6.45) is 2.51. The van der Waals surface area contributed by atoms with Crippen molar-refractivity contribution in [3.8, 4) is 11.8 Å². The molecule has 0 saturated carbocycles. The zero-order valence-corrected chi connectivity index (χ0v) is 10.5. The van der Waals surface area contributed by atoms with E-state index in [1.165, 1.54) is 0 Å². The van der Waals surface area contributed by atoms with E-state index < -0.39 is 0 Å². The number of ether oxygens (including phenoxy) is 2. The van der Waals surface area contributed by atoms with Gasteiger partial charge >= 0.3 is 0 Å². The molecule has 1 unspecified atom stereocenters. The Morgan fingerprint density at radius 1 is 1.24 bits per heavy atom. The third-order valence-corrected chi connectivity index (χ3v) is 2.43. The summed E-state index contributed by atoms with van der Waals surface area (Å²) in [6.45, 7) is 5.36. The van der Waals surface area contributed by atoms with Crippen molar-refractivity contribution in [1.82, 2.24) is 0 Å². The van der Waals surface area contributed by atoms with E-state index in [0.29, 0.717) is 24.9 Å². The van der Waals surface area contributed by atoms with Crippen LogP contribution in [0.25, 0.3) is 0 Å². The standard InChI is InChI=1S/C14H19NO2/c1-3-4-12(2)16-9-10-17-14-7-5-13(11-15)6-8-14/h5-8,12H,3-4,9-10H2,1-2H3. The van der Waals surface area contributed by atoms with Crippen LogP contribution in [-0.4, -0.2) is 19.3 Å². The van der Waals surface area contributed by atoms with E-state index in [1.807, 2.05) is 0 Å². The Bertz CT molecular complexity index is 353. The normalized spacial score (nSPS) is 11.8. The number of nitriles is 1. The first kappa shape index (κ1) is 13.5. The number of hydrogen-bond donors (Lipinski definition) is 0. The molecular weight excluding hydrogens is 214 g/mol. The Morgan fingerprint density at radius 2 is 1.94 bits per heavy atom. The van der Waals surface area contributed by atoms with E-state index in [0.717, 1.165) is 18.6 Å². The minimum absolute atomic E-state index is 0.296. The molecule has 0 aromatic heterocycles. The lowest BCUT2D eigenvalue weighted by atomic mass is 10.2. The average molecular weight is 233 g/mol. The number of rotatable bonds is 7. The zero-order chi connectivity index (χ0) is 12.5. The first-order valence-electron chi connectivity index (χ1n) is 6.00. The first-order chi connectivity index (χ1) is 8.26. The third kappa shape index (κ3) is 5.37. The first-order valence-corrected chi connectivity index (χ1v) is 6.00. The molecule has 0 heterocycles. The molecule has 0 spiro atoms. The number of hydrogen-bond acceptors (Lipinski definition) is 3. The van der Waals surface area contributed by atoms with Gasteiger partial charge in [0.15, 0.2) is 0 Å². The van der Waals surface area contributed by atoms with E-state index in [9.17, 15) is 0 Å². The molecule has 0 N–H and O–H groups in total. The molecule has 1 aromatic rings. The van der Waals surface area contributed by atoms with Crippen LogP contribution in [0.15, 0.2) is 24.3 Å². The van der Waals surface area contributed by atoms with Gasteiger partial charge in [-0.25, -0.2) is 0 Å². The van der Waals surface area contributed by atoms with Gasteiger partial charge in [0.1, 0.15) is 12.4 Å². The summed E-state index contributed by atoms with van der Waals surface area (Å²) in [5.74, 6) is 0.774. The lowest BCUT2D eigenvalue weighted by Gasteiger charge is -2.12. The van der Waals surface area contributed by atoms with Crippen molar-refractivity contribution in [2.75, 3.05) is 13.2 Å². The van der Waals surface area contributed by atoms with Crippen molar-refractivity contribution in [3.63, 3.8) is 0 Å². The highest BCUT2D eigenvalue weighted by atomic mass is 16.5. The van der Waals surface area contributed by atoms with Crippen LogP contribution in [-0.2, 0) is 4.74 Å². The van der Waals surface area contributed by atoms with Gasteiger partial charge in [-0.1, -0.05) is 13.3 Å². The largest absolute Gasteiger partial charge is 0.491 e. The van der Waals surface area contributed by atoms with Gasteiger partial charge in [0.2, 0.25) is 0 Å². The Kier molecular flexibility index (Phi) is 6.13. The summed E-state index contributed by atoms with van der Waals surface area (Å²) >= 11 is 0. The van der Waals surface area contributed by atoms with E-state index in [2.05, 4.69) is 19.9 Å². The van der Waals surface area contributed by atoms with Crippen LogP contribution in [0.2, 0.25) is 0 Å². The third-order valence-electron chi connectivity index (χ3n) is 2.43. The molecular formula is C14H19NO2. The maximum atomic E-state index is 8.64. The highest BCUT2D eigenvalue weighted by Gasteiger charge is 2.00. The van der Waals surface area contributed by atoms with Crippen molar-refractivity contribution < 1.29 is 9.47 Å². The maximum absolute atomic E-state index is 8.64. The monoisotopic (exact) mass is 233 g/mol. The van der Waals surface area contributed by atoms with Gasteiger partial charge in [-0.2, -0.15) is 5.26 Å². The van der Waals surface area contributed by atoms with Gasteiger partial charge in [0.25, 0.3) is 0 Å². The molecule has 0 amide bonds. The van der Waals surface area contributed by atoms with Crippen LogP contribution in [0.3, 0.4) is 0 Å². The second kappa shape index (κ2) is 7.70. The van der Waals surface area contributed by atoms with Crippen LogP contribution in [0.4, 0.5) is 0 Å². The molecule has 0 fully saturated rings. The lowest BCUT2D eigenvalue weighted by Crippen LogP contribution is -2.13. The molecule has 0 aliphatic heterocycles. The molecule has 92 valence electrons. The van der Waals surface area contributed by atoms with Crippen LogP contribution < -0.4 is 4.74 Å². The van der Waals surface area contributed by atoms with Gasteiger partial charge in [0.05, 0.1) is 24.3 Å². The highest BCUT2D eigenvalue weighted by molar-refractivity contribution is 5.34. The van der Waals surface area contributed by atoms with Crippen molar-refractivity contribution in [2.24, 2.45) is 0 Å². The molecule has 1 atom stereocenters. The fourth-order valence-electron chi connectivity index (χ4n) is 1.52. The molecule has 3 nitrogen and oxygen atoms in total. The summed E-state index contributed by atoms with van der Waals surface area (Å²) in [5.41, 5.74) is 0.644. The second-order valence-electron chi connectivity index (χ2n) is 3.95. The number of benzene rings is 1. The molecule has 1 aromatic carbocycles. The second-order valence-corrected chi connectivity index (χ2v) is 3.95. The Morgan fingerprint density at radius 3 is 2.53 bits per heavy atom. The molecule has 17 heavy (non-hydrogen) atoms. The van der Waals surface area contributed by atoms with Crippen LogP contribution in [0.5, 0.6) is 5.75 Å². The fourth-order valence-corrected chi connectivity index (χ4v) is 1.52. The minimum Gasteiger partial charge on any atom is -0.491 e. The molecule has 0 aliphatic carbocycles. The lowest BCUT2D eigenvalue weighted by molar-refractivity contribution is 0.0395. The van der Waals surface area contributed by atoms with Crippen LogP contribution in [0, 0.1) is 11.3 Å². The Balaban J connectivity index is 2.20. The van der Waals surface area contributed by atoms with E-state index in [1.54, 1.807) is 24.3 Å². The molecule has 0 aliphatic rings. The van der Waals surface area contributed by atoms with Gasteiger partial charge in [-0.15, -0.1) is 0 Å². The quantitative estimate of drug-likeness (QED) is 0.679. The molecule has 0 saturated heterocycles. The summed E-state index contributed by atoms with van der Waals surface area (Å²) < 4.78 is 11.1. The van der Waals surface area contributed by atoms with Crippen LogP contribution in [0.1, 0.15) is 32.3 Å². The fraction of sp³-hybridized carbons (Fsp3) is 0.500. The number of nitrogens with zero attached hydrogens (tertiary/aromatic N) is 1. The van der Waals surface area contributed by atoms with Crippen LogP contribution >= 0.6 is 0 Å². The minimum atomic E-state index is 0.296. The zero-order valence-electron chi connectivity index (χ0n) is 10.5. The summed E-state index contributed by atoms with van der Waals surface area (Å²) in [5, 5.41) is 8.64. The van der Waals surface area contributed by atoms with Gasteiger partial charge < -0.3 is 9.47 Å². The van der Waals surface area contributed by atoms with Crippen molar-refractivity contribution in [3.05, 3.63) is 29.8 Å². The topological polar surface area (TPSA) is 42.2 Å². The Labute approximate surface area is 103 Å². The van der Waals surface area contributed by atoms with Crippen molar-refractivity contribution in [1.29, 1.82) is 5.26 Å². The average Bonchev–Trinajstić information content (AvgIpc) is 2.36. The summed E-state index contributed by atoms with van der Waals surface area (Å²) in [4.78, 5) is 0. The Hall–Kier alpha value is -1.53. The van der Waals surface area contributed by atoms with Crippen molar-refractivity contribution in [2.45, 2.75) is 32.8 Å². The van der Waals surface area contributed by atoms with E-state index in [4.69, 9.17) is 14.7 Å². The molecule has 1 rings (SSSR count). The van der Waals surface area contributed by atoms with Gasteiger partial charge in [-0.3, -0.25) is 0 Å². The summed E-state index contributed by atoms with van der Waals surface area (Å²) in [7, 11) is 0. The van der Waals surface area contributed by atoms with Gasteiger partial charge in [-0.05, 0) is 37.6 Å². The maximum Gasteiger partial charge on any atom is 0.119 e. The predicted octanol–water partition coefficient (Wildman–Crippen LogP) is 3.14. The SMILES string of the molecule is CCCC(C)OCCOc1ccc(C#N)cc1. The smallest absolute Gasteiger partial charge is 0.119 e. The molecule has 0 radical (unpaired) electrons. The van der Waals surface area contributed by atoms with E-state index >= 15 is 0 Å². The van der Waals surface area contributed by atoms with Gasteiger partial charge in [0, 0.05) is 0 Å².